The molecule has 4 nitrogen and oxygen atoms in total. The van der Waals surface area contributed by atoms with Gasteiger partial charge in [-0.1, -0.05) is 133 Å². The summed E-state index contributed by atoms with van der Waals surface area (Å²) < 4.78 is 4.96. The van der Waals surface area contributed by atoms with Crippen molar-refractivity contribution >= 4 is 57.3 Å². The van der Waals surface area contributed by atoms with Crippen molar-refractivity contribution in [1.29, 1.82) is 0 Å². The number of benzene rings is 6. The Morgan fingerprint density at radius 1 is 0.580 bits per heavy atom. The third kappa shape index (κ3) is 5.55. The average Bonchev–Trinajstić information content (AvgIpc) is 3.70. The molecule has 0 amide bonds. The summed E-state index contributed by atoms with van der Waals surface area (Å²) in [6, 6.07) is 54.3. The van der Waals surface area contributed by atoms with Gasteiger partial charge in [-0.05, 0) is 55.5 Å². The van der Waals surface area contributed by atoms with Crippen molar-refractivity contribution in [3.8, 4) is 11.4 Å². The van der Waals surface area contributed by atoms with E-state index in [2.05, 4.69) is 185 Å². The highest BCUT2D eigenvalue weighted by molar-refractivity contribution is 6.19. The first-order valence-electron chi connectivity index (χ1n) is 17.2. The lowest BCUT2D eigenvalue weighted by atomic mass is 10.0. The number of aromatic nitrogens is 2. The summed E-state index contributed by atoms with van der Waals surface area (Å²) in [5.74, 6) is 0. The summed E-state index contributed by atoms with van der Waals surface area (Å²) in [6.07, 6.45) is 6.95. The topological polar surface area (TPSA) is 34.6 Å². The third-order valence-electron chi connectivity index (χ3n) is 9.40. The molecule has 50 heavy (non-hydrogen) atoms. The molecule has 1 aliphatic carbocycles. The van der Waals surface area contributed by atoms with E-state index in [4.69, 9.17) is 4.99 Å². The predicted molar refractivity (Wildman–Crippen MR) is 213 cm³/mol. The first kappa shape index (κ1) is 31.0. The second-order valence-electron chi connectivity index (χ2n) is 12.5. The van der Waals surface area contributed by atoms with Gasteiger partial charge in [-0.3, -0.25) is 4.99 Å². The molecule has 2 heterocycles. The lowest BCUT2D eigenvalue weighted by Gasteiger charge is -2.14. The maximum Gasteiger partial charge on any atom is 0.0788 e. The van der Waals surface area contributed by atoms with Crippen molar-refractivity contribution < 1.29 is 0 Å². The number of nitrogens with zero attached hydrogens (tertiary/aromatic N) is 4. The molecule has 0 N–H and O–H groups in total. The van der Waals surface area contributed by atoms with Gasteiger partial charge >= 0.3 is 0 Å². The van der Waals surface area contributed by atoms with Gasteiger partial charge in [0.05, 0.1) is 28.8 Å². The summed E-state index contributed by atoms with van der Waals surface area (Å²) >= 11 is 0. The minimum atomic E-state index is 0.619. The van der Waals surface area contributed by atoms with Crippen LogP contribution < -0.4 is 10.6 Å². The Morgan fingerprint density at radius 2 is 1.18 bits per heavy atom. The van der Waals surface area contributed by atoms with Gasteiger partial charge in [0, 0.05) is 56.3 Å². The van der Waals surface area contributed by atoms with Gasteiger partial charge in [0.1, 0.15) is 0 Å². The Balaban J connectivity index is 0.00000116. The molecule has 0 fully saturated rings. The smallest absolute Gasteiger partial charge is 0.0788 e. The minimum Gasteiger partial charge on any atom is -0.308 e. The van der Waals surface area contributed by atoms with Crippen molar-refractivity contribution in [1.82, 2.24) is 9.13 Å². The van der Waals surface area contributed by atoms with Crippen LogP contribution in [0.4, 0.5) is 0 Å². The Bertz CT molecular complexity index is 2630. The number of aliphatic imine (C=N–C) groups is 2. The third-order valence-corrected chi connectivity index (χ3v) is 9.40. The van der Waals surface area contributed by atoms with E-state index in [9.17, 15) is 0 Å². The van der Waals surface area contributed by atoms with Crippen LogP contribution in [0.5, 0.6) is 0 Å². The number of hydrogen-bond acceptors (Lipinski definition) is 2. The van der Waals surface area contributed by atoms with E-state index in [1.54, 1.807) is 7.05 Å². The minimum absolute atomic E-state index is 0.619. The van der Waals surface area contributed by atoms with E-state index in [1.807, 2.05) is 0 Å². The van der Waals surface area contributed by atoms with Gasteiger partial charge in [0.25, 0.3) is 0 Å². The number of para-hydroxylation sites is 2. The fourth-order valence-electron chi connectivity index (χ4n) is 7.33. The SMILES string of the molecule is C1=c2c(n(-c3ccccc3)c3c2ccc2c4ccccc4n(-c4cccc(C(=NCc5ccccc5)c5ccccc5)c4)c23)=CCC1.C=NC. The average molecular weight is 647 g/mol. The summed E-state index contributed by atoms with van der Waals surface area (Å²) in [6.45, 7) is 3.73. The summed E-state index contributed by atoms with van der Waals surface area (Å²) in [5, 5.41) is 6.42. The van der Waals surface area contributed by atoms with Crippen molar-refractivity contribution in [2.24, 2.45) is 9.98 Å². The molecule has 0 unspecified atom stereocenters. The molecule has 0 atom stereocenters. The monoisotopic (exact) mass is 646 g/mol. The summed E-state index contributed by atoms with van der Waals surface area (Å²) in [5.41, 5.74) is 10.4. The highest BCUT2D eigenvalue weighted by Gasteiger charge is 2.21. The molecule has 6 aromatic carbocycles. The highest BCUT2D eigenvalue weighted by Crippen LogP contribution is 2.37. The van der Waals surface area contributed by atoms with Gasteiger partial charge < -0.3 is 14.1 Å². The van der Waals surface area contributed by atoms with Crippen LogP contribution in [0.3, 0.4) is 0 Å². The molecule has 0 bridgehead atoms. The van der Waals surface area contributed by atoms with Crippen LogP contribution in [0.2, 0.25) is 0 Å². The maximum absolute atomic E-state index is 5.22. The molecule has 9 rings (SSSR count). The van der Waals surface area contributed by atoms with Crippen LogP contribution in [0, 0.1) is 0 Å². The van der Waals surface area contributed by atoms with Gasteiger partial charge in [0.2, 0.25) is 0 Å². The van der Waals surface area contributed by atoms with Crippen molar-refractivity contribution in [3.05, 3.63) is 179 Å². The van der Waals surface area contributed by atoms with Gasteiger partial charge in [-0.25, -0.2) is 0 Å². The van der Waals surface area contributed by atoms with E-state index in [0.717, 1.165) is 35.4 Å². The standard InChI is InChI=1S/C44H33N3.C2H5N/c1-4-15-31(16-5-1)30-45-42(32-17-6-2-7-18-32)33-19-14-22-35(29-33)47-41-26-13-11-24-37(41)39-28-27-38-36-23-10-12-25-40(36)46(43(38)44(39)47)34-20-8-3-9-21-34;1-3-2/h1-9,11,13-29H,10,12,30H2;1H2,2H3. The van der Waals surface area contributed by atoms with Crippen LogP contribution in [-0.4, -0.2) is 28.6 Å². The van der Waals surface area contributed by atoms with Gasteiger partial charge in [-0.2, -0.15) is 0 Å². The first-order valence-corrected chi connectivity index (χ1v) is 17.2. The van der Waals surface area contributed by atoms with Crippen LogP contribution in [0.1, 0.15) is 29.5 Å². The van der Waals surface area contributed by atoms with Crippen LogP contribution >= 0.6 is 0 Å². The molecular formula is C46H38N4. The molecule has 2 aromatic heterocycles. The largest absolute Gasteiger partial charge is 0.308 e. The molecule has 0 aliphatic heterocycles. The fraction of sp³-hybridized carbons (Fsp3) is 0.0870. The Hall–Kier alpha value is -6.26. The second kappa shape index (κ2) is 13.7. The van der Waals surface area contributed by atoms with E-state index in [0.29, 0.717) is 6.54 Å². The molecule has 0 saturated carbocycles. The second-order valence-corrected chi connectivity index (χ2v) is 12.5. The maximum atomic E-state index is 5.22. The normalized spacial score (nSPS) is 12.5. The van der Waals surface area contributed by atoms with Crippen LogP contribution in [-0.2, 0) is 6.54 Å². The Labute approximate surface area is 292 Å². The van der Waals surface area contributed by atoms with Gasteiger partial charge in [0.15, 0.2) is 0 Å². The molecule has 8 aromatic rings. The molecule has 4 heteroatoms. The molecule has 1 aliphatic rings. The molecule has 242 valence electrons. The number of hydrogen-bond donors (Lipinski definition) is 0. The predicted octanol–water partition coefficient (Wildman–Crippen LogP) is 9.44. The summed E-state index contributed by atoms with van der Waals surface area (Å²) in [4.78, 5) is 8.47. The quantitative estimate of drug-likeness (QED) is 0.161. The van der Waals surface area contributed by atoms with Crippen molar-refractivity contribution in [2.45, 2.75) is 19.4 Å². The molecule has 0 spiro atoms. The molecule has 0 radical (unpaired) electrons. The van der Waals surface area contributed by atoms with Crippen molar-refractivity contribution in [2.75, 3.05) is 7.05 Å². The van der Waals surface area contributed by atoms with Crippen LogP contribution in [0.15, 0.2) is 162 Å². The zero-order valence-electron chi connectivity index (χ0n) is 28.2. The Kier molecular flexibility index (Phi) is 8.50. The molecular weight excluding hydrogens is 609 g/mol. The zero-order valence-corrected chi connectivity index (χ0v) is 28.2. The van der Waals surface area contributed by atoms with E-state index in [-0.39, 0.29) is 0 Å². The van der Waals surface area contributed by atoms with E-state index in [1.165, 1.54) is 54.5 Å². The van der Waals surface area contributed by atoms with Gasteiger partial charge in [-0.15, -0.1) is 0 Å². The number of rotatable bonds is 6. The lowest BCUT2D eigenvalue weighted by Crippen LogP contribution is -2.30. The van der Waals surface area contributed by atoms with Crippen LogP contribution in [0.25, 0.3) is 56.2 Å². The zero-order chi connectivity index (χ0) is 33.9. The lowest BCUT2D eigenvalue weighted by molar-refractivity contribution is 1.02. The van der Waals surface area contributed by atoms with E-state index >= 15 is 0 Å². The number of fused-ring (bicyclic) bond motifs is 7. The fourth-order valence-corrected chi connectivity index (χ4v) is 7.33. The van der Waals surface area contributed by atoms with E-state index < -0.39 is 0 Å². The Morgan fingerprint density at radius 3 is 1.96 bits per heavy atom. The molecule has 0 saturated heterocycles. The first-order chi connectivity index (χ1) is 24.8. The summed E-state index contributed by atoms with van der Waals surface area (Å²) in [7, 11) is 1.64. The highest BCUT2D eigenvalue weighted by atomic mass is 15.0. The van der Waals surface area contributed by atoms with Crippen molar-refractivity contribution in [3.63, 3.8) is 0 Å².